The minimum Gasteiger partial charge on any atom is -0.508 e. The Morgan fingerprint density at radius 3 is 2.73 bits per heavy atom. The summed E-state index contributed by atoms with van der Waals surface area (Å²) >= 11 is 0. The highest BCUT2D eigenvalue weighted by Gasteiger charge is 2.18. The van der Waals surface area contributed by atoms with Crippen LogP contribution in [0.4, 0.5) is 10.6 Å². The van der Waals surface area contributed by atoms with Crippen LogP contribution in [0, 0.1) is 0 Å². The van der Waals surface area contributed by atoms with Gasteiger partial charge in [0.25, 0.3) is 0 Å². The molecule has 0 atom stereocenters. The predicted octanol–water partition coefficient (Wildman–Crippen LogP) is 3.45. The zero-order chi connectivity index (χ0) is 15.9. The molecule has 0 aliphatic rings. The number of carbonyl (C=O) groups is 1. The molecule has 1 amide bonds. The van der Waals surface area contributed by atoms with E-state index in [4.69, 9.17) is 0 Å². The molecule has 3 N–H and O–H groups in total. The maximum atomic E-state index is 12.4. The van der Waals surface area contributed by atoms with Crippen molar-refractivity contribution in [3.05, 3.63) is 42.2 Å². The molecule has 2 aromatic heterocycles. The molecule has 22 heavy (non-hydrogen) atoms. The van der Waals surface area contributed by atoms with Crippen molar-refractivity contribution in [3.63, 3.8) is 0 Å². The van der Waals surface area contributed by atoms with Gasteiger partial charge < -0.3 is 5.11 Å². The van der Waals surface area contributed by atoms with Crippen LogP contribution in [-0.4, -0.2) is 25.9 Å². The van der Waals surface area contributed by atoms with E-state index in [-0.39, 0.29) is 17.2 Å². The highest BCUT2D eigenvalue weighted by molar-refractivity contribution is 5.98. The average Bonchev–Trinajstić information content (AvgIpc) is 3.03. The Hall–Kier alpha value is -2.76. The molecule has 0 spiro atoms. The number of nitrogens with zero attached hydrogens (tertiary/aromatic N) is 2. The van der Waals surface area contributed by atoms with Crippen molar-refractivity contribution < 1.29 is 9.90 Å². The summed E-state index contributed by atoms with van der Waals surface area (Å²) in [6.45, 7) is 6.20. The minimum atomic E-state index is -0.298. The second-order valence-electron chi connectivity index (χ2n) is 6.28. The zero-order valence-corrected chi connectivity index (χ0v) is 12.7. The summed E-state index contributed by atoms with van der Waals surface area (Å²) in [6, 6.07) is 8.18. The van der Waals surface area contributed by atoms with Gasteiger partial charge in [0.15, 0.2) is 5.82 Å². The van der Waals surface area contributed by atoms with Crippen LogP contribution in [0.1, 0.15) is 26.5 Å². The molecule has 6 nitrogen and oxygen atoms in total. The normalized spacial score (nSPS) is 11.8. The number of aromatic hydroxyl groups is 1. The number of anilines is 1. The van der Waals surface area contributed by atoms with Crippen molar-refractivity contribution in [3.8, 4) is 5.75 Å². The fraction of sp³-hybridized carbons (Fsp3) is 0.250. The molecule has 0 radical (unpaired) electrons. The second-order valence-corrected chi connectivity index (χ2v) is 6.28. The van der Waals surface area contributed by atoms with Gasteiger partial charge in [-0.2, -0.15) is 5.10 Å². The van der Waals surface area contributed by atoms with E-state index in [9.17, 15) is 9.90 Å². The standard InChI is InChI=1S/C16H18N4O2/c1-16(2,3)13-9-14(19-18-13)17-15(22)20-7-6-10-8-11(21)4-5-12(10)20/h4-9,21H,1-3H3,(H2,17,18,19,22). The number of benzene rings is 1. The largest absolute Gasteiger partial charge is 0.508 e. The number of rotatable bonds is 1. The summed E-state index contributed by atoms with van der Waals surface area (Å²) < 4.78 is 1.49. The van der Waals surface area contributed by atoms with Gasteiger partial charge in [-0.1, -0.05) is 20.8 Å². The van der Waals surface area contributed by atoms with Gasteiger partial charge in [-0.3, -0.25) is 15.0 Å². The third-order valence-electron chi connectivity index (χ3n) is 3.51. The predicted molar refractivity (Wildman–Crippen MR) is 85.3 cm³/mol. The molecule has 0 aliphatic heterocycles. The van der Waals surface area contributed by atoms with E-state index in [2.05, 4.69) is 36.3 Å². The molecule has 0 saturated carbocycles. The summed E-state index contributed by atoms with van der Waals surface area (Å²) in [5, 5.41) is 20.1. The Kier molecular flexibility index (Phi) is 3.16. The van der Waals surface area contributed by atoms with Crippen LogP contribution in [0.25, 0.3) is 10.9 Å². The first-order valence-electron chi connectivity index (χ1n) is 7.02. The summed E-state index contributed by atoms with van der Waals surface area (Å²) in [4.78, 5) is 12.4. The van der Waals surface area contributed by atoms with Gasteiger partial charge in [0.1, 0.15) is 5.75 Å². The number of H-pyrrole nitrogens is 1. The number of fused-ring (bicyclic) bond motifs is 1. The monoisotopic (exact) mass is 298 g/mol. The molecule has 3 aromatic rings. The third kappa shape index (κ3) is 2.55. The Morgan fingerprint density at radius 2 is 2.05 bits per heavy atom. The topological polar surface area (TPSA) is 82.9 Å². The lowest BCUT2D eigenvalue weighted by Gasteiger charge is -2.14. The van der Waals surface area contributed by atoms with Crippen molar-refractivity contribution in [2.24, 2.45) is 0 Å². The van der Waals surface area contributed by atoms with E-state index in [1.165, 1.54) is 4.57 Å². The van der Waals surface area contributed by atoms with Crippen LogP contribution in [0.2, 0.25) is 0 Å². The third-order valence-corrected chi connectivity index (χ3v) is 3.51. The van der Waals surface area contributed by atoms with E-state index in [1.807, 2.05) is 6.07 Å². The van der Waals surface area contributed by atoms with Crippen LogP contribution in [0.5, 0.6) is 5.75 Å². The average molecular weight is 298 g/mol. The van der Waals surface area contributed by atoms with Crippen molar-refractivity contribution >= 4 is 22.8 Å². The van der Waals surface area contributed by atoms with Crippen molar-refractivity contribution in [2.45, 2.75) is 26.2 Å². The number of nitrogens with one attached hydrogen (secondary N) is 2. The molecule has 0 unspecified atom stereocenters. The molecule has 6 heteroatoms. The van der Waals surface area contributed by atoms with E-state index in [0.29, 0.717) is 5.82 Å². The molecular formula is C16H18N4O2. The summed E-state index contributed by atoms with van der Waals surface area (Å²) in [5.74, 6) is 0.656. The fourth-order valence-corrected chi connectivity index (χ4v) is 2.25. The van der Waals surface area contributed by atoms with E-state index >= 15 is 0 Å². The van der Waals surface area contributed by atoms with Crippen LogP contribution < -0.4 is 5.32 Å². The van der Waals surface area contributed by atoms with E-state index in [1.54, 1.807) is 30.5 Å². The molecule has 1 aromatic carbocycles. The first-order valence-corrected chi connectivity index (χ1v) is 7.02. The quantitative estimate of drug-likeness (QED) is 0.643. The number of amides is 1. The number of phenols is 1. The zero-order valence-electron chi connectivity index (χ0n) is 12.7. The highest BCUT2D eigenvalue weighted by Crippen LogP contribution is 2.23. The first kappa shape index (κ1) is 14.2. The lowest BCUT2D eigenvalue weighted by Crippen LogP contribution is -2.18. The summed E-state index contributed by atoms with van der Waals surface area (Å²) in [7, 11) is 0. The van der Waals surface area contributed by atoms with Crippen molar-refractivity contribution in [2.75, 3.05) is 5.32 Å². The number of hydrogen-bond acceptors (Lipinski definition) is 3. The van der Waals surface area contributed by atoms with E-state index in [0.717, 1.165) is 16.6 Å². The van der Waals surface area contributed by atoms with Gasteiger partial charge in [0.05, 0.1) is 5.52 Å². The fourth-order valence-electron chi connectivity index (χ4n) is 2.25. The van der Waals surface area contributed by atoms with Crippen molar-refractivity contribution in [1.29, 1.82) is 0 Å². The number of carbonyl (C=O) groups excluding carboxylic acids is 1. The molecule has 0 aliphatic carbocycles. The molecule has 0 saturated heterocycles. The maximum absolute atomic E-state index is 12.4. The number of aromatic nitrogens is 3. The Morgan fingerprint density at radius 1 is 1.27 bits per heavy atom. The molecule has 0 bridgehead atoms. The van der Waals surface area contributed by atoms with Gasteiger partial charge in [-0.25, -0.2) is 4.79 Å². The van der Waals surface area contributed by atoms with Crippen LogP contribution in [0.15, 0.2) is 36.5 Å². The molecular weight excluding hydrogens is 280 g/mol. The molecule has 0 fully saturated rings. The van der Waals surface area contributed by atoms with Gasteiger partial charge >= 0.3 is 6.03 Å². The first-order chi connectivity index (χ1) is 10.3. The smallest absolute Gasteiger partial charge is 0.331 e. The SMILES string of the molecule is CC(C)(C)c1cc(NC(=O)n2ccc3cc(O)ccc32)n[nH]1. The summed E-state index contributed by atoms with van der Waals surface area (Å²) in [5.41, 5.74) is 1.61. The number of hydrogen-bond donors (Lipinski definition) is 3. The lowest BCUT2D eigenvalue weighted by molar-refractivity contribution is 0.254. The molecule has 3 rings (SSSR count). The van der Waals surface area contributed by atoms with Gasteiger partial charge in [-0.15, -0.1) is 0 Å². The van der Waals surface area contributed by atoms with E-state index < -0.39 is 0 Å². The summed E-state index contributed by atoms with van der Waals surface area (Å²) in [6.07, 6.45) is 1.66. The minimum absolute atomic E-state index is 0.0619. The maximum Gasteiger partial charge on any atom is 0.331 e. The molecule has 2 heterocycles. The van der Waals surface area contributed by atoms with Gasteiger partial charge in [0.2, 0.25) is 0 Å². The van der Waals surface area contributed by atoms with Gasteiger partial charge in [-0.05, 0) is 24.3 Å². The highest BCUT2D eigenvalue weighted by atomic mass is 16.3. The second kappa shape index (κ2) is 4.91. The Bertz CT molecular complexity index is 839. The van der Waals surface area contributed by atoms with Crippen molar-refractivity contribution in [1.82, 2.24) is 14.8 Å². The van der Waals surface area contributed by atoms with Crippen LogP contribution in [0.3, 0.4) is 0 Å². The van der Waals surface area contributed by atoms with Crippen LogP contribution in [-0.2, 0) is 5.41 Å². The van der Waals surface area contributed by atoms with Gasteiger partial charge in [0, 0.05) is 28.8 Å². The van der Waals surface area contributed by atoms with Crippen LogP contribution >= 0.6 is 0 Å². The lowest BCUT2D eigenvalue weighted by atomic mass is 9.92. The Labute approximate surface area is 127 Å². The molecule has 114 valence electrons. The Balaban J connectivity index is 1.86. The number of phenolic OH excluding ortho intramolecular Hbond substituents is 1. The number of aromatic amines is 1.